The molecule has 3 aromatic rings. The molecule has 1 aliphatic rings. The number of aromatic nitrogens is 1. The van der Waals surface area contributed by atoms with Crippen LogP contribution in [0.1, 0.15) is 5.56 Å². The van der Waals surface area contributed by atoms with Gasteiger partial charge in [0.05, 0.1) is 5.41 Å². The van der Waals surface area contributed by atoms with Crippen LogP contribution in [0.25, 0.3) is 28.3 Å². The molecule has 0 radical (unpaired) electrons. The van der Waals surface area contributed by atoms with Crippen molar-refractivity contribution in [3.8, 4) is 28.1 Å². The zero-order valence-electron chi connectivity index (χ0n) is 12.6. The number of fused-ring (bicyclic) bond motifs is 1. The Morgan fingerprint density at radius 2 is 1.42 bits per heavy atom. The number of nitrogens with zero attached hydrogens (tertiary/aromatic N) is 1. The van der Waals surface area contributed by atoms with E-state index in [-0.39, 0.29) is 5.88 Å². The summed E-state index contributed by atoms with van der Waals surface area (Å²) in [5.41, 5.74) is 4.86. The molecular formula is C19H13NO3S. The summed E-state index contributed by atoms with van der Waals surface area (Å²) in [5, 5.41) is 1.04. The van der Waals surface area contributed by atoms with Crippen molar-refractivity contribution in [2.24, 2.45) is 0 Å². The Morgan fingerprint density at radius 1 is 0.792 bits per heavy atom. The molecule has 5 heteroatoms. The van der Waals surface area contributed by atoms with Gasteiger partial charge in [-0.25, -0.2) is 4.98 Å². The Kier molecular flexibility index (Phi) is 3.43. The summed E-state index contributed by atoms with van der Waals surface area (Å²) in [6.45, 7) is 0. The van der Waals surface area contributed by atoms with E-state index in [2.05, 4.69) is 29.2 Å². The minimum atomic E-state index is -3.65. The molecule has 1 aliphatic heterocycles. The van der Waals surface area contributed by atoms with E-state index in [4.69, 9.17) is 4.18 Å². The van der Waals surface area contributed by atoms with Gasteiger partial charge in [-0.3, -0.25) is 0 Å². The first-order valence-corrected chi connectivity index (χ1v) is 8.86. The van der Waals surface area contributed by atoms with Crippen LogP contribution in [0.5, 0.6) is 5.88 Å². The molecule has 4 nitrogen and oxygen atoms in total. The third-order valence-corrected chi connectivity index (χ3v) is 4.67. The van der Waals surface area contributed by atoms with Gasteiger partial charge in [-0.2, -0.15) is 8.42 Å². The lowest BCUT2D eigenvalue weighted by Gasteiger charge is -2.12. The third-order valence-electron chi connectivity index (χ3n) is 3.81. The Morgan fingerprint density at radius 3 is 2.12 bits per heavy atom. The molecule has 0 atom stereocenters. The largest absolute Gasteiger partial charge is 0.358 e. The Bertz CT molecular complexity index is 1020. The number of pyridine rings is 1. The fourth-order valence-corrected chi connectivity index (χ4v) is 3.32. The number of benzene rings is 2. The highest BCUT2D eigenvalue weighted by atomic mass is 32.2. The zero-order chi connectivity index (χ0) is 16.6. The number of hydrogen-bond donors (Lipinski definition) is 0. The van der Waals surface area contributed by atoms with Gasteiger partial charge in [0.2, 0.25) is 5.88 Å². The molecule has 0 spiro atoms. The van der Waals surface area contributed by atoms with Gasteiger partial charge in [0.25, 0.3) is 0 Å². The van der Waals surface area contributed by atoms with Gasteiger partial charge >= 0.3 is 10.1 Å². The predicted molar refractivity (Wildman–Crippen MR) is 93.7 cm³/mol. The lowest BCUT2D eigenvalue weighted by Crippen LogP contribution is -2.10. The minimum Gasteiger partial charge on any atom is -0.358 e. The van der Waals surface area contributed by atoms with Gasteiger partial charge in [-0.05, 0) is 28.8 Å². The van der Waals surface area contributed by atoms with E-state index < -0.39 is 10.1 Å². The molecule has 1 aromatic heterocycles. The Hall–Kier alpha value is -2.92. The number of rotatable bonds is 2. The summed E-state index contributed by atoms with van der Waals surface area (Å²) in [5.74, 6) is 0.113. The van der Waals surface area contributed by atoms with Gasteiger partial charge in [0.1, 0.15) is 0 Å². The topological polar surface area (TPSA) is 56.3 Å². The van der Waals surface area contributed by atoms with Crippen LogP contribution in [-0.2, 0) is 10.1 Å². The lowest BCUT2D eigenvalue weighted by molar-refractivity contribution is 0.484. The Labute approximate surface area is 140 Å². The molecule has 0 fully saturated rings. The number of hydrogen-bond acceptors (Lipinski definition) is 4. The molecule has 24 heavy (non-hydrogen) atoms. The van der Waals surface area contributed by atoms with Crippen molar-refractivity contribution in [1.29, 1.82) is 0 Å². The molecule has 0 aliphatic carbocycles. The maximum absolute atomic E-state index is 11.4. The van der Waals surface area contributed by atoms with Crippen LogP contribution in [0.4, 0.5) is 0 Å². The molecule has 0 bridgehead atoms. The van der Waals surface area contributed by atoms with E-state index in [1.54, 1.807) is 6.20 Å². The highest BCUT2D eigenvalue weighted by Gasteiger charge is 2.18. The Balaban J connectivity index is 1.68. The summed E-state index contributed by atoms with van der Waals surface area (Å²) in [7, 11) is -3.65. The predicted octanol–water partition coefficient (Wildman–Crippen LogP) is 4.11. The van der Waals surface area contributed by atoms with E-state index in [0.717, 1.165) is 27.7 Å². The fourth-order valence-electron chi connectivity index (χ4n) is 2.60. The van der Waals surface area contributed by atoms with E-state index in [0.29, 0.717) is 5.56 Å². The maximum Gasteiger partial charge on any atom is 0.333 e. The zero-order valence-corrected chi connectivity index (χ0v) is 13.4. The standard InChI is InChI=1S/C19H13NO3S/c21-24(22)11-10-17-12-18(13-20-19(17)23-24)16-8-6-15(7-9-16)14-4-2-1-3-5-14/h1-13H. The normalized spacial score (nSPS) is 14.7. The first kappa shape index (κ1) is 14.7. The molecule has 0 unspecified atom stereocenters. The third kappa shape index (κ3) is 2.81. The highest BCUT2D eigenvalue weighted by Crippen LogP contribution is 2.30. The second-order valence-electron chi connectivity index (χ2n) is 5.44. The summed E-state index contributed by atoms with van der Waals surface area (Å²) < 4.78 is 27.6. The SMILES string of the molecule is O=S1(=O)C=Cc2cc(-c3ccc(-c4ccccc4)cc3)cnc2O1. The lowest BCUT2D eigenvalue weighted by atomic mass is 10.0. The minimum absolute atomic E-state index is 0.113. The average molecular weight is 335 g/mol. The van der Waals surface area contributed by atoms with Crippen molar-refractivity contribution >= 4 is 16.2 Å². The van der Waals surface area contributed by atoms with Crippen LogP contribution in [0.2, 0.25) is 0 Å². The fraction of sp³-hybridized carbons (Fsp3) is 0. The molecule has 2 heterocycles. The van der Waals surface area contributed by atoms with Crippen molar-refractivity contribution < 1.29 is 12.6 Å². The molecule has 2 aromatic carbocycles. The van der Waals surface area contributed by atoms with Crippen molar-refractivity contribution in [3.05, 3.63) is 77.8 Å². The van der Waals surface area contributed by atoms with Crippen LogP contribution in [0, 0.1) is 0 Å². The first-order valence-electron chi connectivity index (χ1n) is 7.39. The molecule has 0 saturated heterocycles. The van der Waals surface area contributed by atoms with Gasteiger partial charge in [0, 0.05) is 17.3 Å². The molecule has 4 rings (SSSR count). The van der Waals surface area contributed by atoms with Crippen LogP contribution in [0.3, 0.4) is 0 Å². The van der Waals surface area contributed by atoms with Gasteiger partial charge in [-0.15, -0.1) is 0 Å². The van der Waals surface area contributed by atoms with Crippen LogP contribution < -0.4 is 4.18 Å². The molecule has 0 saturated carbocycles. The second-order valence-corrected chi connectivity index (χ2v) is 6.87. The van der Waals surface area contributed by atoms with E-state index in [9.17, 15) is 8.42 Å². The van der Waals surface area contributed by atoms with Crippen LogP contribution >= 0.6 is 0 Å². The quantitative estimate of drug-likeness (QED) is 0.661. The van der Waals surface area contributed by atoms with Crippen molar-refractivity contribution in [2.45, 2.75) is 0 Å². The van der Waals surface area contributed by atoms with E-state index >= 15 is 0 Å². The van der Waals surface area contributed by atoms with E-state index in [1.807, 2.05) is 36.4 Å². The average Bonchev–Trinajstić information content (AvgIpc) is 2.61. The molecular weight excluding hydrogens is 322 g/mol. The first-order chi connectivity index (χ1) is 11.6. The van der Waals surface area contributed by atoms with Crippen molar-refractivity contribution in [3.63, 3.8) is 0 Å². The van der Waals surface area contributed by atoms with Crippen molar-refractivity contribution in [2.75, 3.05) is 0 Å². The van der Waals surface area contributed by atoms with Crippen LogP contribution in [-0.4, -0.2) is 13.4 Å². The second kappa shape index (κ2) is 5.62. The van der Waals surface area contributed by atoms with Crippen molar-refractivity contribution in [1.82, 2.24) is 4.98 Å². The van der Waals surface area contributed by atoms with E-state index in [1.165, 1.54) is 6.08 Å². The summed E-state index contributed by atoms with van der Waals surface area (Å²) >= 11 is 0. The maximum atomic E-state index is 11.4. The summed E-state index contributed by atoms with van der Waals surface area (Å²) in [6, 6.07) is 20.2. The van der Waals surface area contributed by atoms with Crippen LogP contribution in [0.15, 0.2) is 72.3 Å². The van der Waals surface area contributed by atoms with Gasteiger partial charge in [-0.1, -0.05) is 54.6 Å². The molecule has 118 valence electrons. The molecule has 0 N–H and O–H groups in total. The monoisotopic (exact) mass is 335 g/mol. The summed E-state index contributed by atoms with van der Waals surface area (Å²) in [6.07, 6.45) is 3.12. The van der Waals surface area contributed by atoms with Gasteiger partial charge < -0.3 is 4.18 Å². The smallest absolute Gasteiger partial charge is 0.333 e. The highest BCUT2D eigenvalue weighted by molar-refractivity contribution is 7.90. The summed E-state index contributed by atoms with van der Waals surface area (Å²) in [4.78, 5) is 4.12. The van der Waals surface area contributed by atoms with Gasteiger partial charge in [0.15, 0.2) is 0 Å². The molecule has 0 amide bonds.